The van der Waals surface area contributed by atoms with Gasteiger partial charge >= 0.3 is 0 Å². The van der Waals surface area contributed by atoms with Crippen LogP contribution in [-0.2, 0) is 20.0 Å². The molecule has 3 aromatic heterocycles. The molecule has 5 rings (SSSR count). The van der Waals surface area contributed by atoms with Crippen LogP contribution < -0.4 is 4.72 Å². The lowest BCUT2D eigenvalue weighted by atomic mass is 9.93. The molecule has 0 bridgehead atoms. The van der Waals surface area contributed by atoms with Crippen molar-refractivity contribution in [1.29, 1.82) is 5.26 Å². The lowest BCUT2D eigenvalue weighted by Gasteiger charge is -2.16. The van der Waals surface area contributed by atoms with E-state index in [0.29, 0.717) is 36.3 Å². The molecule has 0 aliphatic heterocycles. The summed E-state index contributed by atoms with van der Waals surface area (Å²) in [6, 6.07) is 10.1. The number of fused-ring (bicyclic) bond motifs is 3. The second kappa shape index (κ2) is 10.1. The first kappa shape index (κ1) is 26.3. The number of aryl methyl sites for hydroxylation is 1. The van der Waals surface area contributed by atoms with E-state index in [1.54, 1.807) is 30.3 Å². The number of sulfonamides is 1. The minimum Gasteiger partial charge on any atom is -0.274 e. The smallest absolute Gasteiger partial charge is 0.269 e. The van der Waals surface area contributed by atoms with E-state index in [-0.39, 0.29) is 40.6 Å². The molecule has 1 saturated carbocycles. The molecule has 3 atom stereocenters. The number of nitrogens with zero attached hydrogens (tertiary/aromatic N) is 6. The van der Waals surface area contributed by atoms with Gasteiger partial charge in [0.1, 0.15) is 5.82 Å². The summed E-state index contributed by atoms with van der Waals surface area (Å²) in [5.41, 5.74) is 2.28. The maximum absolute atomic E-state index is 13.4. The maximum Gasteiger partial charge on any atom is 0.269 e. The monoisotopic (exact) mass is 555 g/mol. The predicted octanol–water partition coefficient (Wildman–Crippen LogP) is 3.12. The molecule has 0 spiro atoms. The Morgan fingerprint density at radius 1 is 1.11 bits per heavy atom. The van der Waals surface area contributed by atoms with Gasteiger partial charge in [-0.25, -0.2) is 30.5 Å². The zero-order valence-corrected chi connectivity index (χ0v) is 22.8. The summed E-state index contributed by atoms with van der Waals surface area (Å²) in [6.07, 6.45) is 5.50. The van der Waals surface area contributed by atoms with Crippen molar-refractivity contribution >= 4 is 36.9 Å². The van der Waals surface area contributed by atoms with Gasteiger partial charge in [0, 0.05) is 24.6 Å². The van der Waals surface area contributed by atoms with Gasteiger partial charge in [-0.2, -0.15) is 5.26 Å². The predicted molar refractivity (Wildman–Crippen MR) is 141 cm³/mol. The number of nitrogens with one attached hydrogen (secondary N) is 1. The molecule has 38 heavy (non-hydrogen) atoms. The summed E-state index contributed by atoms with van der Waals surface area (Å²) < 4.78 is 57.7. The summed E-state index contributed by atoms with van der Waals surface area (Å²) in [5, 5.41) is 17.5. The summed E-state index contributed by atoms with van der Waals surface area (Å²) in [7, 11) is -7.38. The highest BCUT2D eigenvalue weighted by atomic mass is 32.2. The highest BCUT2D eigenvalue weighted by Gasteiger charge is 2.39. The van der Waals surface area contributed by atoms with Gasteiger partial charge in [-0.05, 0) is 50.3 Å². The Balaban J connectivity index is 1.50. The van der Waals surface area contributed by atoms with Gasteiger partial charge in [0.05, 0.1) is 28.4 Å². The van der Waals surface area contributed by atoms with Crippen molar-refractivity contribution in [2.24, 2.45) is 5.92 Å². The first-order valence-electron chi connectivity index (χ1n) is 12.5. The van der Waals surface area contributed by atoms with Gasteiger partial charge in [0.2, 0.25) is 10.0 Å². The van der Waals surface area contributed by atoms with Crippen LogP contribution in [0, 0.1) is 24.2 Å². The van der Waals surface area contributed by atoms with Crippen LogP contribution in [0.1, 0.15) is 56.3 Å². The van der Waals surface area contributed by atoms with Crippen LogP contribution in [0.5, 0.6) is 0 Å². The van der Waals surface area contributed by atoms with Gasteiger partial charge in [-0.3, -0.25) is 4.40 Å². The molecule has 0 radical (unpaired) electrons. The Morgan fingerprint density at radius 2 is 1.87 bits per heavy atom. The Morgan fingerprint density at radius 3 is 2.58 bits per heavy atom. The Labute approximate surface area is 221 Å². The van der Waals surface area contributed by atoms with E-state index in [1.807, 2.05) is 17.4 Å². The molecule has 3 heterocycles. The SMILES string of the molecule is CC[C@@H]1C[C@H](NS(=O)(=O)CCCC#N)C[C@@H]1c1nnc2cnc3c(ccn3S(=O)(=O)c3ccc(C)cc3)n12. The van der Waals surface area contributed by atoms with E-state index in [2.05, 4.69) is 26.8 Å². The second-order valence-corrected chi connectivity index (χ2v) is 13.5. The number of hydrogen-bond acceptors (Lipinski definition) is 8. The standard InChI is InChI=1S/C25H29N7O4S2/c1-3-18-14-19(30-37(33,34)13-5-4-11-26)15-21(18)24-29-28-23-16-27-25-22(32(23)24)10-12-31(25)38(35,36)20-8-6-17(2)7-9-20/h6-10,12,16,18-19,21,30H,3-5,13-15H2,1-2H3/t18-,19+,21+/m1/s1. The zero-order chi connectivity index (χ0) is 27.1. The maximum atomic E-state index is 13.4. The molecule has 4 aromatic rings. The van der Waals surface area contributed by atoms with Crippen LogP contribution in [0.4, 0.5) is 0 Å². The van der Waals surface area contributed by atoms with E-state index in [4.69, 9.17) is 5.26 Å². The molecule has 11 nitrogen and oxygen atoms in total. The number of aromatic nitrogens is 5. The molecule has 0 saturated heterocycles. The normalized spacial score (nSPS) is 20.3. The van der Waals surface area contributed by atoms with Crippen LogP contribution in [0.15, 0.2) is 47.6 Å². The fourth-order valence-corrected chi connectivity index (χ4v) is 7.99. The number of nitriles is 1. The summed E-state index contributed by atoms with van der Waals surface area (Å²) in [4.78, 5) is 4.57. The number of benzene rings is 1. The molecule has 13 heteroatoms. The average molecular weight is 556 g/mol. The van der Waals surface area contributed by atoms with E-state index < -0.39 is 20.0 Å². The lowest BCUT2D eigenvalue weighted by Crippen LogP contribution is -2.34. The Kier molecular flexibility index (Phi) is 6.97. The largest absolute Gasteiger partial charge is 0.274 e. The van der Waals surface area contributed by atoms with Crippen LogP contribution >= 0.6 is 0 Å². The van der Waals surface area contributed by atoms with Crippen LogP contribution in [0.2, 0.25) is 0 Å². The molecule has 0 amide bonds. The van der Waals surface area contributed by atoms with Gasteiger partial charge in [0.25, 0.3) is 10.0 Å². The van der Waals surface area contributed by atoms with Gasteiger partial charge < -0.3 is 0 Å². The molecule has 0 unspecified atom stereocenters. The van der Waals surface area contributed by atoms with Crippen molar-refractivity contribution in [3.8, 4) is 6.07 Å². The van der Waals surface area contributed by atoms with Gasteiger partial charge in [-0.1, -0.05) is 31.0 Å². The lowest BCUT2D eigenvalue weighted by molar-refractivity contribution is 0.449. The molecule has 1 N–H and O–H groups in total. The molecule has 1 aromatic carbocycles. The number of hydrogen-bond donors (Lipinski definition) is 1. The topological polar surface area (TPSA) is 152 Å². The van der Waals surface area contributed by atoms with E-state index in [1.165, 1.54) is 16.4 Å². The third-order valence-electron chi connectivity index (χ3n) is 7.24. The third kappa shape index (κ3) is 4.79. The van der Waals surface area contributed by atoms with Crippen LogP contribution in [0.25, 0.3) is 16.8 Å². The molecular formula is C25H29N7O4S2. The summed E-state index contributed by atoms with van der Waals surface area (Å²) in [5.74, 6) is 0.665. The second-order valence-electron chi connectivity index (χ2n) is 9.79. The van der Waals surface area contributed by atoms with E-state index in [0.717, 1.165) is 12.0 Å². The third-order valence-corrected chi connectivity index (χ3v) is 10.4. The summed E-state index contributed by atoms with van der Waals surface area (Å²) >= 11 is 0. The number of unbranched alkanes of at least 4 members (excludes halogenated alkanes) is 1. The average Bonchev–Trinajstić information content (AvgIpc) is 3.59. The van der Waals surface area contributed by atoms with Crippen molar-refractivity contribution in [3.63, 3.8) is 0 Å². The van der Waals surface area contributed by atoms with Crippen molar-refractivity contribution in [2.45, 2.75) is 62.8 Å². The van der Waals surface area contributed by atoms with E-state index >= 15 is 0 Å². The first-order chi connectivity index (χ1) is 18.1. The minimum atomic E-state index is -3.87. The highest BCUT2D eigenvalue weighted by molar-refractivity contribution is 7.90. The molecular weight excluding hydrogens is 526 g/mol. The fraction of sp³-hybridized carbons (Fsp3) is 0.440. The Hall–Kier alpha value is -3.34. The minimum absolute atomic E-state index is 0.0792. The summed E-state index contributed by atoms with van der Waals surface area (Å²) in [6.45, 7) is 3.96. The van der Waals surface area contributed by atoms with Crippen molar-refractivity contribution in [2.75, 3.05) is 5.75 Å². The molecule has 1 aliphatic carbocycles. The van der Waals surface area contributed by atoms with E-state index in [9.17, 15) is 16.8 Å². The number of rotatable bonds is 9. The zero-order valence-electron chi connectivity index (χ0n) is 21.1. The fourth-order valence-electron chi connectivity index (χ4n) is 5.35. The van der Waals surface area contributed by atoms with Crippen LogP contribution in [0.3, 0.4) is 0 Å². The molecule has 200 valence electrons. The quantitative estimate of drug-likeness (QED) is 0.309. The van der Waals surface area contributed by atoms with Gasteiger partial charge in [-0.15, -0.1) is 10.2 Å². The van der Waals surface area contributed by atoms with Crippen LogP contribution in [-0.4, -0.2) is 52.2 Å². The Bertz CT molecular complexity index is 1740. The van der Waals surface area contributed by atoms with Crippen molar-refractivity contribution in [1.82, 2.24) is 28.3 Å². The molecule has 1 aliphatic rings. The highest BCUT2D eigenvalue weighted by Crippen LogP contribution is 2.41. The van der Waals surface area contributed by atoms with Crippen molar-refractivity contribution < 1.29 is 16.8 Å². The molecule has 1 fully saturated rings. The first-order valence-corrected chi connectivity index (χ1v) is 15.6. The van der Waals surface area contributed by atoms with Gasteiger partial charge in [0.15, 0.2) is 11.3 Å². The van der Waals surface area contributed by atoms with Crippen molar-refractivity contribution in [3.05, 3.63) is 54.1 Å².